The Labute approximate surface area is 104 Å². The SMILES string of the molecule is CO[C@H]1CCN(c2cc(=O)[nH]c3cccnc23)C1. The van der Waals surface area contributed by atoms with E-state index in [1.807, 2.05) is 12.1 Å². The van der Waals surface area contributed by atoms with Gasteiger partial charge in [0.25, 0.3) is 5.56 Å². The molecular weight excluding hydrogens is 230 g/mol. The van der Waals surface area contributed by atoms with Crippen LogP contribution in [0.15, 0.2) is 29.2 Å². The first-order valence-corrected chi connectivity index (χ1v) is 6.04. The molecule has 0 saturated carbocycles. The number of hydrogen-bond donors (Lipinski definition) is 1. The molecule has 0 aliphatic carbocycles. The van der Waals surface area contributed by atoms with Crippen LogP contribution in [0.1, 0.15) is 6.42 Å². The van der Waals surface area contributed by atoms with Crippen molar-refractivity contribution in [1.29, 1.82) is 0 Å². The van der Waals surface area contributed by atoms with Gasteiger partial charge in [0.15, 0.2) is 0 Å². The molecule has 0 bridgehead atoms. The van der Waals surface area contributed by atoms with E-state index >= 15 is 0 Å². The Bertz CT molecular complexity index is 623. The molecule has 0 unspecified atom stereocenters. The summed E-state index contributed by atoms with van der Waals surface area (Å²) in [5.74, 6) is 0. The summed E-state index contributed by atoms with van der Waals surface area (Å²) in [6, 6.07) is 5.31. The summed E-state index contributed by atoms with van der Waals surface area (Å²) in [4.78, 5) is 21.0. The van der Waals surface area contributed by atoms with Crippen LogP contribution in [0, 0.1) is 0 Å². The molecule has 1 atom stereocenters. The lowest BCUT2D eigenvalue weighted by Gasteiger charge is -2.19. The van der Waals surface area contributed by atoms with Crippen LogP contribution < -0.4 is 10.5 Å². The Balaban J connectivity index is 2.09. The van der Waals surface area contributed by atoms with Gasteiger partial charge in [-0.3, -0.25) is 9.78 Å². The van der Waals surface area contributed by atoms with Crippen molar-refractivity contribution in [3.8, 4) is 0 Å². The van der Waals surface area contributed by atoms with Crippen LogP contribution in [0.25, 0.3) is 11.0 Å². The fourth-order valence-electron chi connectivity index (χ4n) is 2.45. The number of aromatic amines is 1. The van der Waals surface area contributed by atoms with Crippen LogP contribution >= 0.6 is 0 Å². The molecule has 0 radical (unpaired) electrons. The number of methoxy groups -OCH3 is 1. The van der Waals surface area contributed by atoms with Crippen molar-refractivity contribution in [1.82, 2.24) is 9.97 Å². The van der Waals surface area contributed by atoms with Crippen molar-refractivity contribution in [2.24, 2.45) is 0 Å². The average molecular weight is 245 g/mol. The summed E-state index contributed by atoms with van der Waals surface area (Å²) in [5.41, 5.74) is 2.43. The molecule has 94 valence electrons. The highest BCUT2D eigenvalue weighted by atomic mass is 16.5. The summed E-state index contributed by atoms with van der Waals surface area (Å²) in [7, 11) is 1.72. The van der Waals surface area contributed by atoms with Crippen molar-refractivity contribution >= 4 is 16.7 Å². The predicted molar refractivity (Wildman–Crippen MR) is 70.0 cm³/mol. The van der Waals surface area contributed by atoms with E-state index in [2.05, 4.69) is 14.9 Å². The molecule has 1 N–H and O–H groups in total. The normalized spacial score (nSPS) is 19.6. The van der Waals surface area contributed by atoms with Gasteiger partial charge in [0, 0.05) is 32.5 Å². The summed E-state index contributed by atoms with van der Waals surface area (Å²) in [6.45, 7) is 1.71. The van der Waals surface area contributed by atoms with Gasteiger partial charge in [-0.05, 0) is 18.6 Å². The molecule has 2 aromatic rings. The number of pyridine rings is 2. The minimum atomic E-state index is -0.0913. The zero-order valence-electron chi connectivity index (χ0n) is 10.2. The lowest BCUT2D eigenvalue weighted by Crippen LogP contribution is -2.24. The number of fused-ring (bicyclic) bond motifs is 1. The van der Waals surface area contributed by atoms with Gasteiger partial charge in [0.1, 0.15) is 5.52 Å². The number of H-pyrrole nitrogens is 1. The maximum Gasteiger partial charge on any atom is 0.250 e. The van der Waals surface area contributed by atoms with Gasteiger partial charge in [0.2, 0.25) is 0 Å². The minimum absolute atomic E-state index is 0.0913. The first kappa shape index (κ1) is 11.2. The quantitative estimate of drug-likeness (QED) is 0.862. The van der Waals surface area contributed by atoms with Crippen molar-refractivity contribution < 1.29 is 4.74 Å². The largest absolute Gasteiger partial charge is 0.380 e. The molecule has 0 aromatic carbocycles. The van der Waals surface area contributed by atoms with E-state index in [1.54, 1.807) is 19.4 Å². The topological polar surface area (TPSA) is 58.2 Å². The molecule has 3 heterocycles. The smallest absolute Gasteiger partial charge is 0.250 e. The van der Waals surface area contributed by atoms with Gasteiger partial charge in [-0.2, -0.15) is 0 Å². The van der Waals surface area contributed by atoms with Crippen molar-refractivity contribution in [3.05, 3.63) is 34.7 Å². The molecule has 1 saturated heterocycles. The van der Waals surface area contributed by atoms with E-state index in [0.717, 1.165) is 36.2 Å². The number of anilines is 1. The predicted octanol–water partition coefficient (Wildman–Crippen LogP) is 1.15. The van der Waals surface area contributed by atoms with Crippen LogP contribution in [0.3, 0.4) is 0 Å². The van der Waals surface area contributed by atoms with Crippen LogP contribution in [0.4, 0.5) is 5.69 Å². The monoisotopic (exact) mass is 245 g/mol. The molecule has 18 heavy (non-hydrogen) atoms. The van der Waals surface area contributed by atoms with Gasteiger partial charge in [-0.25, -0.2) is 0 Å². The summed E-state index contributed by atoms with van der Waals surface area (Å²) in [6.07, 6.45) is 2.97. The number of nitrogens with zero attached hydrogens (tertiary/aromatic N) is 2. The van der Waals surface area contributed by atoms with Crippen molar-refractivity contribution in [2.75, 3.05) is 25.1 Å². The zero-order valence-corrected chi connectivity index (χ0v) is 10.2. The van der Waals surface area contributed by atoms with Gasteiger partial charge in [-0.1, -0.05) is 0 Å². The van der Waals surface area contributed by atoms with Gasteiger partial charge in [-0.15, -0.1) is 0 Å². The van der Waals surface area contributed by atoms with Crippen molar-refractivity contribution in [3.63, 3.8) is 0 Å². The third-order valence-electron chi connectivity index (χ3n) is 3.40. The van der Waals surface area contributed by atoms with Crippen LogP contribution in [0.2, 0.25) is 0 Å². The standard InChI is InChI=1S/C13H15N3O2/c1-18-9-4-6-16(8-9)11-7-12(17)15-10-3-2-5-14-13(10)11/h2-3,5,7,9H,4,6,8H2,1H3,(H,15,17)/t9-/m0/s1. The number of ether oxygens (including phenoxy) is 1. The van der Waals surface area contributed by atoms with E-state index in [4.69, 9.17) is 4.74 Å². The first-order chi connectivity index (χ1) is 8.78. The van der Waals surface area contributed by atoms with E-state index in [0.29, 0.717) is 0 Å². The lowest BCUT2D eigenvalue weighted by molar-refractivity contribution is 0.121. The second-order valence-electron chi connectivity index (χ2n) is 4.51. The molecule has 2 aromatic heterocycles. The molecule has 5 nitrogen and oxygen atoms in total. The minimum Gasteiger partial charge on any atom is -0.380 e. The van der Waals surface area contributed by atoms with Crippen LogP contribution in [-0.4, -0.2) is 36.3 Å². The van der Waals surface area contributed by atoms with Crippen molar-refractivity contribution in [2.45, 2.75) is 12.5 Å². The van der Waals surface area contributed by atoms with E-state index in [1.165, 1.54) is 0 Å². The van der Waals surface area contributed by atoms with Gasteiger partial charge >= 0.3 is 0 Å². The fraction of sp³-hybridized carbons (Fsp3) is 0.385. The highest BCUT2D eigenvalue weighted by Gasteiger charge is 2.24. The number of aromatic nitrogens is 2. The Hall–Kier alpha value is -1.88. The lowest BCUT2D eigenvalue weighted by atomic mass is 10.2. The molecule has 0 spiro atoms. The second-order valence-corrected chi connectivity index (χ2v) is 4.51. The van der Waals surface area contributed by atoms with Gasteiger partial charge < -0.3 is 14.6 Å². The Morgan fingerprint density at radius 1 is 1.56 bits per heavy atom. The molecular formula is C13H15N3O2. The van der Waals surface area contributed by atoms with Gasteiger partial charge in [0.05, 0.1) is 17.3 Å². The Kier molecular flexibility index (Phi) is 2.76. The zero-order chi connectivity index (χ0) is 12.5. The highest BCUT2D eigenvalue weighted by molar-refractivity contribution is 5.87. The maximum atomic E-state index is 11.7. The first-order valence-electron chi connectivity index (χ1n) is 6.04. The molecule has 5 heteroatoms. The molecule has 0 amide bonds. The molecule has 1 aliphatic heterocycles. The third-order valence-corrected chi connectivity index (χ3v) is 3.40. The summed E-state index contributed by atoms with van der Waals surface area (Å²) in [5, 5.41) is 0. The summed E-state index contributed by atoms with van der Waals surface area (Å²) < 4.78 is 5.36. The fourth-order valence-corrected chi connectivity index (χ4v) is 2.45. The number of nitrogens with one attached hydrogen (secondary N) is 1. The maximum absolute atomic E-state index is 11.7. The molecule has 1 fully saturated rings. The van der Waals surface area contributed by atoms with E-state index in [9.17, 15) is 4.79 Å². The Morgan fingerprint density at radius 3 is 3.22 bits per heavy atom. The average Bonchev–Trinajstić information content (AvgIpc) is 2.86. The van der Waals surface area contributed by atoms with E-state index in [-0.39, 0.29) is 11.7 Å². The van der Waals surface area contributed by atoms with Crippen LogP contribution in [-0.2, 0) is 4.74 Å². The third kappa shape index (κ3) is 1.86. The van der Waals surface area contributed by atoms with E-state index < -0.39 is 0 Å². The van der Waals surface area contributed by atoms with Crippen LogP contribution in [0.5, 0.6) is 0 Å². The second kappa shape index (κ2) is 4.42. The summed E-state index contributed by atoms with van der Waals surface area (Å²) >= 11 is 0. The molecule has 1 aliphatic rings. The molecule has 3 rings (SSSR count). The number of hydrogen-bond acceptors (Lipinski definition) is 4. The number of rotatable bonds is 2. The Morgan fingerprint density at radius 2 is 2.44 bits per heavy atom. The highest BCUT2D eigenvalue weighted by Crippen LogP contribution is 2.25.